The van der Waals surface area contributed by atoms with Crippen molar-refractivity contribution in [3.63, 3.8) is 0 Å². The zero-order chi connectivity index (χ0) is 15.8. The van der Waals surface area contributed by atoms with Crippen LogP contribution in [-0.2, 0) is 16.0 Å². The van der Waals surface area contributed by atoms with Crippen LogP contribution in [0.1, 0.15) is 33.4 Å². The van der Waals surface area contributed by atoms with Gasteiger partial charge in [-0.15, -0.1) is 0 Å². The third-order valence-electron chi connectivity index (χ3n) is 3.56. The molecule has 1 aromatic carbocycles. The van der Waals surface area contributed by atoms with Crippen LogP contribution in [0.3, 0.4) is 0 Å². The van der Waals surface area contributed by atoms with E-state index in [9.17, 15) is 0 Å². The van der Waals surface area contributed by atoms with Crippen molar-refractivity contribution in [1.82, 2.24) is 0 Å². The molecular formula is C15H15N3Se3. The van der Waals surface area contributed by atoms with Gasteiger partial charge in [0.2, 0.25) is 0 Å². The Morgan fingerprint density at radius 1 is 0.619 bits per heavy atom. The van der Waals surface area contributed by atoms with E-state index in [0.29, 0.717) is 0 Å². The summed E-state index contributed by atoms with van der Waals surface area (Å²) in [6, 6.07) is 0. The molecule has 1 rings (SSSR count). The first kappa shape index (κ1) is 18.3. The van der Waals surface area contributed by atoms with Gasteiger partial charge < -0.3 is 0 Å². The molecule has 1 aromatic rings. The monoisotopic (exact) mass is 477 g/mol. The molecule has 0 radical (unpaired) electrons. The predicted octanol–water partition coefficient (Wildman–Crippen LogP) is 1.67. The molecule has 21 heavy (non-hydrogen) atoms. The summed E-state index contributed by atoms with van der Waals surface area (Å²) >= 11 is -0.125. The molecule has 0 amide bonds. The molecule has 0 heterocycles. The van der Waals surface area contributed by atoms with Crippen molar-refractivity contribution in [1.29, 1.82) is 15.8 Å². The molecule has 3 nitrogen and oxygen atoms in total. The normalized spacial score (nSPS) is 9.71. The zero-order valence-electron chi connectivity index (χ0n) is 12.2. The molecule has 0 aliphatic rings. The minimum absolute atomic E-state index is 0.0416. The number of rotatable bonds is 6. The van der Waals surface area contributed by atoms with Gasteiger partial charge in [0, 0.05) is 0 Å². The second-order valence-electron chi connectivity index (χ2n) is 4.45. The standard InChI is InChI=1S/C15H15N3Se3/c1-10-13(4-19-7-16)11(2)15(6-21-9-18)12(3)14(10)5-20-8-17/h4-6H2,1-3H3. The fourth-order valence-corrected chi connectivity index (χ4v) is 6.39. The van der Waals surface area contributed by atoms with Crippen LogP contribution >= 0.6 is 0 Å². The second-order valence-corrected chi connectivity index (χ2v) is 9.23. The first-order chi connectivity index (χ1) is 10.1. The molecule has 0 saturated heterocycles. The van der Waals surface area contributed by atoms with Crippen molar-refractivity contribution in [2.24, 2.45) is 0 Å². The van der Waals surface area contributed by atoms with E-state index < -0.39 is 0 Å². The molecule has 0 N–H and O–H groups in total. The van der Waals surface area contributed by atoms with Crippen molar-refractivity contribution >= 4 is 44.9 Å². The molecule has 0 aliphatic heterocycles. The topological polar surface area (TPSA) is 71.4 Å². The van der Waals surface area contributed by atoms with Crippen molar-refractivity contribution in [3.8, 4) is 14.9 Å². The van der Waals surface area contributed by atoms with Gasteiger partial charge in [-0.1, -0.05) is 0 Å². The SMILES string of the molecule is Cc1c(C[Se]C#N)c(C)c(C[Se]C#N)c(C)c1C[Se]C#N. The summed E-state index contributed by atoms with van der Waals surface area (Å²) in [4.78, 5) is 6.83. The summed E-state index contributed by atoms with van der Waals surface area (Å²) in [6.07, 6.45) is 0. The maximum absolute atomic E-state index is 8.88. The molecule has 0 aromatic heterocycles. The van der Waals surface area contributed by atoms with E-state index in [0.717, 1.165) is 16.0 Å². The van der Waals surface area contributed by atoms with E-state index in [4.69, 9.17) is 15.8 Å². The van der Waals surface area contributed by atoms with Crippen LogP contribution in [0.2, 0.25) is 0 Å². The minimum atomic E-state index is -0.0416. The van der Waals surface area contributed by atoms with Crippen LogP contribution in [-0.4, -0.2) is 44.9 Å². The second kappa shape index (κ2) is 9.30. The number of hydrogen-bond acceptors (Lipinski definition) is 3. The first-order valence-electron chi connectivity index (χ1n) is 6.21. The van der Waals surface area contributed by atoms with Crippen molar-refractivity contribution in [3.05, 3.63) is 33.4 Å². The van der Waals surface area contributed by atoms with Gasteiger partial charge in [0.1, 0.15) is 0 Å². The van der Waals surface area contributed by atoms with Gasteiger partial charge in [0.25, 0.3) is 0 Å². The van der Waals surface area contributed by atoms with E-state index in [2.05, 4.69) is 35.7 Å². The van der Waals surface area contributed by atoms with Gasteiger partial charge >= 0.3 is 146 Å². The molecule has 0 fully saturated rings. The predicted molar refractivity (Wildman–Crippen MR) is 85.9 cm³/mol. The van der Waals surface area contributed by atoms with Gasteiger partial charge in [0.05, 0.1) is 0 Å². The molecule has 6 heteroatoms. The summed E-state index contributed by atoms with van der Waals surface area (Å²) in [5, 5.41) is 29.1. The number of nitriles is 3. The average Bonchev–Trinajstić information content (AvgIpc) is 2.47. The average molecular weight is 474 g/mol. The molecule has 0 spiro atoms. The van der Waals surface area contributed by atoms with Crippen LogP contribution < -0.4 is 0 Å². The summed E-state index contributed by atoms with van der Waals surface area (Å²) < 4.78 is 0. The molecule has 0 saturated carbocycles. The van der Waals surface area contributed by atoms with E-state index in [1.165, 1.54) is 33.4 Å². The van der Waals surface area contributed by atoms with E-state index in [-0.39, 0.29) is 44.9 Å². The Labute approximate surface area is 145 Å². The van der Waals surface area contributed by atoms with Gasteiger partial charge in [-0.2, -0.15) is 0 Å². The third kappa shape index (κ3) is 4.61. The molecular weight excluding hydrogens is 459 g/mol. The van der Waals surface area contributed by atoms with Crippen molar-refractivity contribution in [2.45, 2.75) is 36.7 Å². The van der Waals surface area contributed by atoms with Gasteiger partial charge in [-0.25, -0.2) is 0 Å². The van der Waals surface area contributed by atoms with Crippen LogP contribution in [0.5, 0.6) is 0 Å². The Kier molecular flexibility index (Phi) is 8.11. The van der Waals surface area contributed by atoms with E-state index >= 15 is 0 Å². The van der Waals surface area contributed by atoms with Crippen molar-refractivity contribution < 1.29 is 0 Å². The van der Waals surface area contributed by atoms with E-state index in [1.807, 2.05) is 0 Å². The van der Waals surface area contributed by atoms with Crippen LogP contribution in [0, 0.1) is 51.5 Å². The van der Waals surface area contributed by atoms with Gasteiger partial charge in [-0.05, 0) is 0 Å². The Morgan fingerprint density at radius 3 is 1.05 bits per heavy atom. The fourth-order valence-electron chi connectivity index (χ4n) is 2.35. The molecule has 0 aliphatic carbocycles. The Hall–Kier alpha value is -0.752. The zero-order valence-corrected chi connectivity index (χ0v) is 17.3. The first-order valence-corrected chi connectivity index (χ1v) is 12.4. The van der Waals surface area contributed by atoms with E-state index in [1.54, 1.807) is 0 Å². The number of hydrogen-bond donors (Lipinski definition) is 0. The maximum atomic E-state index is 8.88. The van der Waals surface area contributed by atoms with Gasteiger partial charge in [-0.3, -0.25) is 0 Å². The fraction of sp³-hybridized carbons (Fsp3) is 0.400. The summed E-state index contributed by atoms with van der Waals surface area (Å²) in [7, 11) is 0. The quantitative estimate of drug-likeness (QED) is 0.590. The van der Waals surface area contributed by atoms with Gasteiger partial charge in [0.15, 0.2) is 0 Å². The Bertz CT molecular complexity index is 537. The molecule has 0 bridgehead atoms. The molecule has 108 valence electrons. The summed E-state index contributed by atoms with van der Waals surface area (Å²) in [5.41, 5.74) is 7.59. The summed E-state index contributed by atoms with van der Waals surface area (Å²) in [5.74, 6) is 0. The Balaban J connectivity index is 3.40. The number of benzene rings is 1. The van der Waals surface area contributed by atoms with Crippen LogP contribution in [0.4, 0.5) is 0 Å². The van der Waals surface area contributed by atoms with Crippen molar-refractivity contribution in [2.75, 3.05) is 0 Å². The van der Waals surface area contributed by atoms with Crippen LogP contribution in [0.25, 0.3) is 0 Å². The number of nitrogens with zero attached hydrogens (tertiary/aromatic N) is 3. The Morgan fingerprint density at radius 2 is 0.857 bits per heavy atom. The molecule has 0 unspecified atom stereocenters. The third-order valence-corrected chi connectivity index (χ3v) is 7.10. The summed E-state index contributed by atoms with van der Waals surface area (Å²) in [6.45, 7) is 6.35. The van der Waals surface area contributed by atoms with Crippen LogP contribution in [0.15, 0.2) is 0 Å². The molecule has 0 atom stereocenters.